The number of nitrogens with one attached hydrogen (secondary N) is 1. The molecule has 1 unspecified atom stereocenters. The van der Waals surface area contributed by atoms with Crippen LogP contribution >= 0.6 is 27.3 Å². The van der Waals surface area contributed by atoms with Gasteiger partial charge in [0.05, 0.1) is 3.79 Å². The van der Waals surface area contributed by atoms with Gasteiger partial charge in [0.15, 0.2) is 0 Å². The van der Waals surface area contributed by atoms with E-state index >= 15 is 0 Å². The summed E-state index contributed by atoms with van der Waals surface area (Å²) in [5.41, 5.74) is 2.62. The molecular formula is C15H22BrN3S. The molecular weight excluding hydrogens is 334 g/mol. The lowest BCUT2D eigenvalue weighted by Crippen LogP contribution is -2.22. The van der Waals surface area contributed by atoms with Crippen molar-refractivity contribution < 1.29 is 0 Å². The first-order chi connectivity index (χ1) is 9.61. The van der Waals surface area contributed by atoms with E-state index in [0.29, 0.717) is 6.04 Å². The Morgan fingerprint density at radius 3 is 2.85 bits per heavy atom. The van der Waals surface area contributed by atoms with Crippen molar-refractivity contribution in [2.45, 2.75) is 39.2 Å². The molecule has 0 aliphatic carbocycles. The summed E-state index contributed by atoms with van der Waals surface area (Å²) in [7, 11) is 2.01. The van der Waals surface area contributed by atoms with Gasteiger partial charge in [0.1, 0.15) is 0 Å². The Kier molecular flexibility index (Phi) is 5.81. The van der Waals surface area contributed by atoms with Gasteiger partial charge < -0.3 is 5.32 Å². The third-order valence-corrected chi connectivity index (χ3v) is 5.72. The molecule has 2 heterocycles. The number of thiophene rings is 1. The van der Waals surface area contributed by atoms with Crippen LogP contribution in [0, 0.1) is 6.92 Å². The van der Waals surface area contributed by atoms with Gasteiger partial charge in [-0.2, -0.15) is 5.10 Å². The number of rotatable bonds is 7. The zero-order chi connectivity index (χ0) is 14.5. The topological polar surface area (TPSA) is 29.9 Å². The predicted octanol–water partition coefficient (Wildman–Crippen LogP) is 4.23. The largest absolute Gasteiger partial charge is 0.309 e. The molecule has 1 atom stereocenters. The molecule has 0 bridgehead atoms. The molecule has 0 saturated carbocycles. The van der Waals surface area contributed by atoms with Crippen LogP contribution in [-0.2, 0) is 13.5 Å². The maximum Gasteiger partial charge on any atom is 0.0731 e. The molecule has 0 fully saturated rings. The van der Waals surface area contributed by atoms with Crippen molar-refractivity contribution in [1.29, 1.82) is 0 Å². The minimum Gasteiger partial charge on any atom is -0.309 e. The van der Waals surface area contributed by atoms with Crippen LogP contribution in [0.3, 0.4) is 0 Å². The number of hydrogen-bond acceptors (Lipinski definition) is 3. The summed E-state index contributed by atoms with van der Waals surface area (Å²) in [4.78, 5) is 1.42. The maximum absolute atomic E-state index is 4.24. The highest BCUT2D eigenvalue weighted by molar-refractivity contribution is 9.11. The van der Waals surface area contributed by atoms with Gasteiger partial charge in [0, 0.05) is 29.9 Å². The Balaban J connectivity index is 2.05. The van der Waals surface area contributed by atoms with E-state index in [0.717, 1.165) is 25.8 Å². The Morgan fingerprint density at radius 2 is 2.30 bits per heavy atom. The van der Waals surface area contributed by atoms with E-state index in [9.17, 15) is 0 Å². The van der Waals surface area contributed by atoms with Crippen molar-refractivity contribution in [3.05, 3.63) is 38.3 Å². The van der Waals surface area contributed by atoms with Gasteiger partial charge in [-0.3, -0.25) is 4.68 Å². The molecule has 0 saturated heterocycles. The van der Waals surface area contributed by atoms with Gasteiger partial charge >= 0.3 is 0 Å². The first kappa shape index (κ1) is 15.7. The average molecular weight is 356 g/mol. The summed E-state index contributed by atoms with van der Waals surface area (Å²) in [5.74, 6) is 0. The smallest absolute Gasteiger partial charge is 0.0731 e. The van der Waals surface area contributed by atoms with Crippen LogP contribution in [0.25, 0.3) is 0 Å². The van der Waals surface area contributed by atoms with Crippen LogP contribution in [-0.4, -0.2) is 16.3 Å². The van der Waals surface area contributed by atoms with E-state index < -0.39 is 0 Å². The van der Waals surface area contributed by atoms with Crippen LogP contribution in [0.2, 0.25) is 0 Å². The molecule has 0 spiro atoms. The Labute approximate surface area is 133 Å². The van der Waals surface area contributed by atoms with Crippen molar-refractivity contribution in [3.8, 4) is 0 Å². The van der Waals surface area contributed by atoms with Gasteiger partial charge in [0.2, 0.25) is 0 Å². The molecule has 2 aromatic rings. The Morgan fingerprint density at radius 1 is 1.50 bits per heavy atom. The normalized spacial score (nSPS) is 12.8. The fourth-order valence-electron chi connectivity index (χ4n) is 2.26. The number of nitrogens with zero attached hydrogens (tertiary/aromatic N) is 2. The first-order valence-corrected chi connectivity index (χ1v) is 8.68. The second-order valence-electron chi connectivity index (χ2n) is 5.10. The highest BCUT2D eigenvalue weighted by Gasteiger charge is 2.15. The van der Waals surface area contributed by atoms with Crippen LogP contribution < -0.4 is 5.32 Å². The van der Waals surface area contributed by atoms with Gasteiger partial charge in [-0.15, -0.1) is 11.3 Å². The molecule has 20 heavy (non-hydrogen) atoms. The summed E-state index contributed by atoms with van der Waals surface area (Å²) in [6, 6.07) is 4.83. The zero-order valence-electron chi connectivity index (χ0n) is 12.3. The van der Waals surface area contributed by atoms with Crippen molar-refractivity contribution >= 4 is 27.3 Å². The van der Waals surface area contributed by atoms with E-state index in [1.54, 1.807) is 0 Å². The maximum atomic E-state index is 4.24. The summed E-state index contributed by atoms with van der Waals surface area (Å²) < 4.78 is 3.21. The number of aromatic nitrogens is 2. The van der Waals surface area contributed by atoms with Gasteiger partial charge in [-0.05, 0) is 66.4 Å². The van der Waals surface area contributed by atoms with E-state index in [-0.39, 0.29) is 0 Å². The van der Waals surface area contributed by atoms with Gasteiger partial charge in [-0.25, -0.2) is 0 Å². The van der Waals surface area contributed by atoms with E-state index in [1.165, 1.54) is 19.9 Å². The van der Waals surface area contributed by atoms with Crippen molar-refractivity contribution in [2.24, 2.45) is 7.05 Å². The van der Waals surface area contributed by atoms with E-state index in [2.05, 4.69) is 52.3 Å². The van der Waals surface area contributed by atoms with Crippen molar-refractivity contribution in [1.82, 2.24) is 15.1 Å². The number of halogens is 1. The molecule has 0 aliphatic rings. The minimum atomic E-state index is 0.430. The summed E-state index contributed by atoms with van der Waals surface area (Å²) in [6.45, 7) is 5.42. The molecule has 2 aromatic heterocycles. The molecule has 3 nitrogen and oxygen atoms in total. The quantitative estimate of drug-likeness (QED) is 0.805. The molecule has 0 radical (unpaired) electrons. The SMILES string of the molecule is CCCNC(CCc1ccnn1C)c1cc(C)c(Br)s1. The van der Waals surface area contributed by atoms with Crippen molar-refractivity contribution in [2.75, 3.05) is 6.54 Å². The third-order valence-electron chi connectivity index (χ3n) is 3.47. The second-order valence-corrected chi connectivity index (χ2v) is 7.50. The molecule has 0 amide bonds. The highest BCUT2D eigenvalue weighted by atomic mass is 79.9. The lowest BCUT2D eigenvalue weighted by molar-refractivity contribution is 0.498. The standard InChI is InChI=1S/C15H22BrN3S/c1-4-8-17-13(14-10-11(2)15(16)20-14)6-5-12-7-9-18-19(12)3/h7,9-10,13,17H,4-6,8H2,1-3H3. The second kappa shape index (κ2) is 7.38. The molecule has 0 aliphatic heterocycles. The lowest BCUT2D eigenvalue weighted by Gasteiger charge is -2.17. The molecule has 2 rings (SSSR count). The van der Waals surface area contributed by atoms with Gasteiger partial charge in [-0.1, -0.05) is 6.92 Å². The summed E-state index contributed by atoms with van der Waals surface area (Å²) >= 11 is 5.48. The zero-order valence-corrected chi connectivity index (χ0v) is 14.7. The fourth-order valence-corrected chi connectivity index (χ4v) is 3.94. The molecule has 0 aromatic carbocycles. The Bertz CT molecular complexity index is 528. The third kappa shape index (κ3) is 3.93. The van der Waals surface area contributed by atoms with E-state index in [1.807, 2.05) is 29.3 Å². The molecule has 5 heteroatoms. The highest BCUT2D eigenvalue weighted by Crippen LogP contribution is 2.33. The molecule has 1 N–H and O–H groups in total. The summed E-state index contributed by atoms with van der Waals surface area (Å²) in [6.07, 6.45) is 5.18. The predicted molar refractivity (Wildman–Crippen MR) is 89.3 cm³/mol. The lowest BCUT2D eigenvalue weighted by atomic mass is 10.1. The number of aryl methyl sites for hydroxylation is 3. The summed E-state index contributed by atoms with van der Waals surface area (Å²) in [5, 5.41) is 7.91. The fraction of sp³-hybridized carbons (Fsp3) is 0.533. The van der Waals surface area contributed by atoms with Crippen LogP contribution in [0.5, 0.6) is 0 Å². The average Bonchev–Trinajstić information content (AvgIpc) is 2.97. The van der Waals surface area contributed by atoms with Crippen LogP contribution in [0.15, 0.2) is 22.1 Å². The van der Waals surface area contributed by atoms with Crippen LogP contribution in [0.4, 0.5) is 0 Å². The Hall–Kier alpha value is -0.650. The van der Waals surface area contributed by atoms with Gasteiger partial charge in [0.25, 0.3) is 0 Å². The van der Waals surface area contributed by atoms with E-state index in [4.69, 9.17) is 0 Å². The van der Waals surface area contributed by atoms with Crippen LogP contribution in [0.1, 0.15) is 41.9 Å². The number of hydrogen-bond donors (Lipinski definition) is 1. The first-order valence-electron chi connectivity index (χ1n) is 7.08. The monoisotopic (exact) mass is 355 g/mol. The molecule has 110 valence electrons. The van der Waals surface area contributed by atoms with Crippen molar-refractivity contribution in [3.63, 3.8) is 0 Å². The minimum absolute atomic E-state index is 0.430.